The maximum atomic E-state index is 13.2. The number of rotatable bonds is 3. The lowest BCUT2D eigenvalue weighted by molar-refractivity contribution is 0.208. The van der Waals surface area contributed by atoms with E-state index in [0.717, 1.165) is 5.69 Å². The minimum absolute atomic E-state index is 0.259. The molecule has 0 amide bonds. The third kappa shape index (κ3) is 2.22. The fraction of sp³-hybridized carbons (Fsp3) is 0.308. The first-order valence-corrected chi connectivity index (χ1v) is 5.59. The van der Waals surface area contributed by atoms with Crippen molar-refractivity contribution in [1.82, 2.24) is 9.78 Å². The van der Waals surface area contributed by atoms with Crippen LogP contribution in [-0.2, 0) is 6.54 Å². The van der Waals surface area contributed by atoms with Gasteiger partial charge in [-0.25, -0.2) is 4.39 Å². The molecule has 17 heavy (non-hydrogen) atoms. The Morgan fingerprint density at radius 1 is 1.41 bits per heavy atom. The van der Waals surface area contributed by atoms with Crippen LogP contribution in [0.2, 0.25) is 0 Å². The minimum atomic E-state index is -0.767. The molecule has 0 bridgehead atoms. The van der Waals surface area contributed by atoms with Crippen molar-refractivity contribution >= 4 is 0 Å². The lowest BCUT2D eigenvalue weighted by atomic mass is 10.0. The average molecular weight is 234 g/mol. The molecule has 1 aromatic carbocycles. The second-order valence-corrected chi connectivity index (χ2v) is 3.98. The fourth-order valence-electron chi connectivity index (χ4n) is 1.85. The predicted molar refractivity (Wildman–Crippen MR) is 63.1 cm³/mol. The zero-order valence-electron chi connectivity index (χ0n) is 9.89. The summed E-state index contributed by atoms with van der Waals surface area (Å²) in [5, 5.41) is 14.3. The summed E-state index contributed by atoms with van der Waals surface area (Å²) >= 11 is 0. The van der Waals surface area contributed by atoms with Gasteiger partial charge < -0.3 is 5.11 Å². The number of aromatic nitrogens is 2. The summed E-state index contributed by atoms with van der Waals surface area (Å²) in [7, 11) is 0. The molecule has 2 rings (SSSR count). The molecule has 1 heterocycles. The lowest BCUT2D eigenvalue weighted by Crippen LogP contribution is -2.09. The maximum absolute atomic E-state index is 13.2. The van der Waals surface area contributed by atoms with Crippen LogP contribution in [0.15, 0.2) is 30.5 Å². The summed E-state index contributed by atoms with van der Waals surface area (Å²) in [6.07, 6.45) is 0.884. The molecule has 0 radical (unpaired) electrons. The SMILES string of the molecule is CCn1nccc1C(O)c1ccc(F)c(C)c1. The smallest absolute Gasteiger partial charge is 0.126 e. The molecule has 0 saturated heterocycles. The van der Waals surface area contributed by atoms with Gasteiger partial charge in [0, 0.05) is 12.7 Å². The van der Waals surface area contributed by atoms with Crippen LogP contribution < -0.4 is 0 Å². The molecule has 1 N–H and O–H groups in total. The van der Waals surface area contributed by atoms with E-state index >= 15 is 0 Å². The van der Waals surface area contributed by atoms with Gasteiger partial charge in [-0.1, -0.05) is 12.1 Å². The molecule has 3 nitrogen and oxygen atoms in total. The summed E-state index contributed by atoms with van der Waals surface area (Å²) in [6.45, 7) is 4.33. The quantitative estimate of drug-likeness (QED) is 0.885. The van der Waals surface area contributed by atoms with Gasteiger partial charge in [0.2, 0.25) is 0 Å². The molecule has 0 aliphatic carbocycles. The number of aryl methyl sites for hydroxylation is 2. The number of hydrogen-bond donors (Lipinski definition) is 1. The van der Waals surface area contributed by atoms with Gasteiger partial charge in [-0.05, 0) is 37.1 Å². The van der Waals surface area contributed by atoms with E-state index in [1.54, 1.807) is 36.0 Å². The van der Waals surface area contributed by atoms with Crippen LogP contribution in [0.5, 0.6) is 0 Å². The first kappa shape index (κ1) is 11.8. The molecule has 0 aliphatic rings. The Bertz CT molecular complexity index is 522. The summed E-state index contributed by atoms with van der Waals surface area (Å²) in [5.41, 5.74) is 1.93. The van der Waals surface area contributed by atoms with E-state index in [-0.39, 0.29) is 5.82 Å². The van der Waals surface area contributed by atoms with Gasteiger partial charge in [0.25, 0.3) is 0 Å². The summed E-state index contributed by atoms with van der Waals surface area (Å²) in [4.78, 5) is 0. The number of aliphatic hydroxyl groups is 1. The number of halogens is 1. The number of hydrogen-bond acceptors (Lipinski definition) is 2. The van der Waals surface area contributed by atoms with Crippen molar-refractivity contribution in [3.8, 4) is 0 Å². The molecule has 0 saturated carbocycles. The van der Waals surface area contributed by atoms with Crippen molar-refractivity contribution in [1.29, 1.82) is 0 Å². The molecular weight excluding hydrogens is 219 g/mol. The summed E-state index contributed by atoms with van der Waals surface area (Å²) < 4.78 is 14.9. The maximum Gasteiger partial charge on any atom is 0.126 e. The molecule has 1 aromatic heterocycles. The highest BCUT2D eigenvalue weighted by molar-refractivity contribution is 5.30. The molecule has 0 fully saturated rings. The fourth-order valence-corrected chi connectivity index (χ4v) is 1.85. The van der Waals surface area contributed by atoms with Crippen molar-refractivity contribution < 1.29 is 9.50 Å². The number of benzene rings is 1. The van der Waals surface area contributed by atoms with E-state index in [1.807, 2.05) is 6.92 Å². The largest absolute Gasteiger partial charge is 0.382 e. The highest BCUT2D eigenvalue weighted by atomic mass is 19.1. The monoisotopic (exact) mass is 234 g/mol. The second-order valence-electron chi connectivity index (χ2n) is 3.98. The number of aliphatic hydroxyl groups excluding tert-OH is 1. The Morgan fingerprint density at radius 3 is 2.82 bits per heavy atom. The Kier molecular flexibility index (Phi) is 3.24. The molecule has 90 valence electrons. The highest BCUT2D eigenvalue weighted by Crippen LogP contribution is 2.23. The van der Waals surface area contributed by atoms with Crippen molar-refractivity contribution in [2.24, 2.45) is 0 Å². The van der Waals surface area contributed by atoms with E-state index < -0.39 is 6.10 Å². The summed E-state index contributed by atoms with van der Waals surface area (Å²) in [5.74, 6) is -0.259. The van der Waals surface area contributed by atoms with Crippen LogP contribution in [0.1, 0.15) is 29.8 Å². The van der Waals surface area contributed by atoms with E-state index in [0.29, 0.717) is 17.7 Å². The van der Waals surface area contributed by atoms with E-state index in [9.17, 15) is 9.50 Å². The van der Waals surface area contributed by atoms with Crippen molar-refractivity contribution in [2.75, 3.05) is 0 Å². The predicted octanol–water partition coefficient (Wildman–Crippen LogP) is 2.43. The Balaban J connectivity index is 2.36. The third-order valence-corrected chi connectivity index (χ3v) is 2.83. The van der Waals surface area contributed by atoms with Crippen molar-refractivity contribution in [3.63, 3.8) is 0 Å². The van der Waals surface area contributed by atoms with Crippen LogP contribution in [-0.4, -0.2) is 14.9 Å². The van der Waals surface area contributed by atoms with E-state index in [1.165, 1.54) is 6.07 Å². The normalized spacial score (nSPS) is 12.7. The summed E-state index contributed by atoms with van der Waals surface area (Å²) in [6, 6.07) is 6.40. The van der Waals surface area contributed by atoms with Crippen LogP contribution in [0.25, 0.3) is 0 Å². The molecule has 1 atom stereocenters. The minimum Gasteiger partial charge on any atom is -0.382 e. The molecule has 0 aliphatic heterocycles. The van der Waals surface area contributed by atoms with Gasteiger partial charge in [-0.15, -0.1) is 0 Å². The zero-order valence-corrected chi connectivity index (χ0v) is 9.89. The molecular formula is C13H15FN2O. The standard InChI is InChI=1S/C13H15FN2O/c1-3-16-12(6-7-15-16)13(17)10-4-5-11(14)9(2)8-10/h4-8,13,17H,3H2,1-2H3. The first-order chi connectivity index (χ1) is 8.13. The Hall–Kier alpha value is -1.68. The van der Waals surface area contributed by atoms with Crippen LogP contribution in [0.3, 0.4) is 0 Å². The van der Waals surface area contributed by atoms with Gasteiger partial charge in [0.15, 0.2) is 0 Å². The Morgan fingerprint density at radius 2 is 2.18 bits per heavy atom. The topological polar surface area (TPSA) is 38.0 Å². The van der Waals surface area contributed by atoms with Gasteiger partial charge in [-0.2, -0.15) is 5.10 Å². The van der Waals surface area contributed by atoms with Crippen LogP contribution in [0, 0.1) is 12.7 Å². The third-order valence-electron chi connectivity index (χ3n) is 2.83. The molecule has 4 heteroatoms. The van der Waals surface area contributed by atoms with E-state index in [4.69, 9.17) is 0 Å². The lowest BCUT2D eigenvalue weighted by Gasteiger charge is -2.13. The highest BCUT2D eigenvalue weighted by Gasteiger charge is 2.15. The Labute approximate surface area is 99.5 Å². The zero-order chi connectivity index (χ0) is 12.4. The molecule has 1 unspecified atom stereocenters. The van der Waals surface area contributed by atoms with Gasteiger partial charge in [0.05, 0.1) is 5.69 Å². The van der Waals surface area contributed by atoms with Crippen molar-refractivity contribution in [2.45, 2.75) is 26.5 Å². The van der Waals surface area contributed by atoms with Crippen LogP contribution >= 0.6 is 0 Å². The number of nitrogens with zero attached hydrogens (tertiary/aromatic N) is 2. The second kappa shape index (κ2) is 4.67. The van der Waals surface area contributed by atoms with Crippen LogP contribution in [0.4, 0.5) is 4.39 Å². The van der Waals surface area contributed by atoms with E-state index in [2.05, 4.69) is 5.10 Å². The van der Waals surface area contributed by atoms with Gasteiger partial charge in [-0.3, -0.25) is 4.68 Å². The van der Waals surface area contributed by atoms with Crippen molar-refractivity contribution in [3.05, 3.63) is 53.1 Å². The first-order valence-electron chi connectivity index (χ1n) is 5.59. The van der Waals surface area contributed by atoms with Gasteiger partial charge >= 0.3 is 0 Å². The molecule has 2 aromatic rings. The average Bonchev–Trinajstić information content (AvgIpc) is 2.80. The van der Waals surface area contributed by atoms with Gasteiger partial charge in [0.1, 0.15) is 11.9 Å². The molecule has 0 spiro atoms.